The molecule has 1 fully saturated rings. The fourth-order valence-electron chi connectivity index (χ4n) is 5.03. The van der Waals surface area contributed by atoms with E-state index in [9.17, 15) is 18.0 Å². The van der Waals surface area contributed by atoms with Gasteiger partial charge in [-0.05, 0) is 54.8 Å². The Balaban J connectivity index is 1.40. The van der Waals surface area contributed by atoms with Gasteiger partial charge in [-0.2, -0.15) is 8.78 Å². The molecular weight excluding hydrogens is 505 g/mol. The van der Waals surface area contributed by atoms with Gasteiger partial charge in [0, 0.05) is 29.9 Å². The summed E-state index contributed by atoms with van der Waals surface area (Å²) in [5.74, 6) is -0.0993. The Bertz CT molecular complexity index is 1640. The van der Waals surface area contributed by atoms with E-state index in [0.717, 1.165) is 0 Å². The van der Waals surface area contributed by atoms with E-state index in [1.807, 2.05) is 18.2 Å². The fraction of sp³-hybridized carbons (Fsp3) is 0.167. The number of halogens is 3. The van der Waals surface area contributed by atoms with E-state index >= 15 is 0 Å². The number of benzene rings is 3. The Labute approximate surface area is 222 Å². The molecule has 0 bridgehead atoms. The molecule has 1 N–H and O–H groups in total. The summed E-state index contributed by atoms with van der Waals surface area (Å²) in [6, 6.07) is 21.9. The highest BCUT2D eigenvalue weighted by Crippen LogP contribution is 2.41. The molecule has 2 aromatic heterocycles. The van der Waals surface area contributed by atoms with Crippen molar-refractivity contribution >= 4 is 16.9 Å². The minimum atomic E-state index is -3.09. The van der Waals surface area contributed by atoms with Crippen LogP contribution in [0.15, 0.2) is 85.1 Å². The lowest BCUT2D eigenvalue weighted by Crippen LogP contribution is -2.35. The normalized spacial score (nSPS) is 15.3. The molecule has 39 heavy (non-hydrogen) atoms. The molecule has 1 aliphatic heterocycles. The maximum Gasteiger partial charge on any atom is 0.315 e. The Morgan fingerprint density at radius 2 is 1.82 bits per heavy atom. The largest absolute Gasteiger partial charge is 0.457 e. The maximum atomic E-state index is 14.2. The van der Waals surface area contributed by atoms with Crippen LogP contribution >= 0.6 is 0 Å². The molecule has 1 atom stereocenters. The number of carbonyl (C=O) groups is 1. The number of rotatable bonds is 6. The van der Waals surface area contributed by atoms with E-state index in [1.165, 1.54) is 11.0 Å². The van der Waals surface area contributed by atoms with Gasteiger partial charge < -0.3 is 14.6 Å². The zero-order valence-electron chi connectivity index (χ0n) is 20.7. The number of hydrogen-bond acceptors (Lipinski definition) is 4. The summed E-state index contributed by atoms with van der Waals surface area (Å²) < 4.78 is 47.3. The molecule has 6 nitrogen and oxygen atoms in total. The van der Waals surface area contributed by atoms with Crippen molar-refractivity contribution in [3.05, 3.63) is 96.4 Å². The summed E-state index contributed by atoms with van der Waals surface area (Å²) in [5.41, 5.74) is 3.68. The molecule has 0 radical (unpaired) electrons. The number of carbonyl (C=O) groups excluding carboxylic acids is 1. The van der Waals surface area contributed by atoms with Crippen LogP contribution in [0.3, 0.4) is 0 Å². The van der Waals surface area contributed by atoms with Crippen LogP contribution in [0.2, 0.25) is 0 Å². The molecule has 0 spiro atoms. The molecule has 0 aliphatic carbocycles. The minimum Gasteiger partial charge on any atom is -0.457 e. The van der Waals surface area contributed by atoms with Crippen molar-refractivity contribution in [2.75, 3.05) is 6.54 Å². The molecule has 5 aromatic rings. The minimum absolute atomic E-state index is 0.241. The number of aromatic nitrogens is 3. The van der Waals surface area contributed by atoms with E-state index in [0.29, 0.717) is 63.6 Å². The fourth-order valence-corrected chi connectivity index (χ4v) is 5.03. The van der Waals surface area contributed by atoms with Gasteiger partial charge in [-0.3, -0.25) is 9.78 Å². The average molecular weight is 529 g/mol. The summed E-state index contributed by atoms with van der Waals surface area (Å²) >= 11 is 0. The monoisotopic (exact) mass is 528 g/mol. The van der Waals surface area contributed by atoms with Gasteiger partial charge in [-0.25, -0.2) is 9.37 Å². The maximum absolute atomic E-state index is 14.2. The summed E-state index contributed by atoms with van der Waals surface area (Å²) in [7, 11) is 0. The SMILES string of the molecule is O=C(C(F)F)N1CCCC1c1cc2[nH]c(-c3ccccn3)nc2cc1Oc1ccc(-c2ccccc2F)cc1. The number of nitrogens with one attached hydrogen (secondary N) is 1. The summed E-state index contributed by atoms with van der Waals surface area (Å²) in [6.45, 7) is 0.241. The molecule has 6 rings (SSSR count). The van der Waals surface area contributed by atoms with Crippen molar-refractivity contribution in [2.24, 2.45) is 0 Å². The van der Waals surface area contributed by atoms with Gasteiger partial charge in [0.2, 0.25) is 0 Å². The van der Waals surface area contributed by atoms with Crippen molar-refractivity contribution in [2.45, 2.75) is 25.3 Å². The zero-order valence-corrected chi connectivity index (χ0v) is 20.7. The summed E-state index contributed by atoms with van der Waals surface area (Å²) in [5, 5.41) is 0. The number of fused-ring (bicyclic) bond motifs is 1. The molecule has 0 saturated carbocycles. The molecule has 1 amide bonds. The van der Waals surface area contributed by atoms with Crippen LogP contribution in [0.25, 0.3) is 33.7 Å². The second-order valence-electron chi connectivity index (χ2n) is 9.30. The Hall–Kier alpha value is -4.66. The molecule has 196 valence electrons. The van der Waals surface area contributed by atoms with Gasteiger partial charge in [0.05, 0.1) is 17.1 Å². The van der Waals surface area contributed by atoms with E-state index < -0.39 is 18.4 Å². The highest BCUT2D eigenvalue weighted by molar-refractivity contribution is 5.83. The lowest BCUT2D eigenvalue weighted by Gasteiger charge is -2.26. The van der Waals surface area contributed by atoms with Gasteiger partial charge >= 0.3 is 6.43 Å². The first-order valence-electron chi connectivity index (χ1n) is 12.5. The summed E-state index contributed by atoms with van der Waals surface area (Å²) in [6.07, 6.45) is -0.305. The third-order valence-corrected chi connectivity index (χ3v) is 6.87. The third kappa shape index (κ3) is 4.83. The van der Waals surface area contributed by atoms with Gasteiger partial charge in [-0.15, -0.1) is 0 Å². The Morgan fingerprint density at radius 3 is 2.56 bits per heavy atom. The van der Waals surface area contributed by atoms with Crippen molar-refractivity contribution in [3.63, 3.8) is 0 Å². The molecule has 1 unspecified atom stereocenters. The number of aromatic amines is 1. The second-order valence-corrected chi connectivity index (χ2v) is 9.30. The summed E-state index contributed by atoms with van der Waals surface area (Å²) in [4.78, 5) is 25.8. The number of imidazole rings is 1. The van der Waals surface area contributed by atoms with Gasteiger partial charge in [0.1, 0.15) is 23.0 Å². The second kappa shape index (κ2) is 10.2. The standard InChI is InChI=1S/C30H23F3N4O2/c31-22-7-2-1-6-20(22)18-10-12-19(13-11-18)39-27-17-25-24(35-29(36-25)23-8-3-4-14-34-23)16-21(27)26-9-5-15-37(26)30(38)28(32)33/h1-4,6-8,10-14,16-17,26,28H,5,9,15H2,(H,35,36). The zero-order chi connectivity index (χ0) is 26.9. The number of pyridine rings is 1. The first kappa shape index (κ1) is 24.7. The van der Waals surface area contributed by atoms with Crippen LogP contribution in [0.5, 0.6) is 11.5 Å². The molecule has 1 saturated heterocycles. The number of alkyl halides is 2. The van der Waals surface area contributed by atoms with Crippen molar-refractivity contribution in [1.82, 2.24) is 19.9 Å². The lowest BCUT2D eigenvalue weighted by molar-refractivity contribution is -0.143. The predicted octanol–water partition coefficient (Wildman–Crippen LogP) is 7.15. The number of hydrogen-bond donors (Lipinski definition) is 1. The topological polar surface area (TPSA) is 71.1 Å². The number of likely N-dealkylation sites (tertiary alicyclic amines) is 1. The van der Waals surface area contributed by atoms with E-state index in [-0.39, 0.29) is 12.4 Å². The highest BCUT2D eigenvalue weighted by atomic mass is 19.3. The van der Waals surface area contributed by atoms with E-state index in [2.05, 4.69) is 15.0 Å². The van der Waals surface area contributed by atoms with Crippen LogP contribution in [-0.2, 0) is 4.79 Å². The number of H-pyrrole nitrogens is 1. The average Bonchev–Trinajstić information content (AvgIpc) is 3.60. The van der Waals surface area contributed by atoms with Gasteiger partial charge in [0.25, 0.3) is 5.91 Å². The van der Waals surface area contributed by atoms with Gasteiger partial charge in [0.15, 0.2) is 5.82 Å². The highest BCUT2D eigenvalue weighted by Gasteiger charge is 2.36. The number of nitrogens with zero attached hydrogens (tertiary/aromatic N) is 3. The van der Waals surface area contributed by atoms with Crippen LogP contribution in [0.1, 0.15) is 24.4 Å². The molecule has 3 aromatic carbocycles. The van der Waals surface area contributed by atoms with E-state index in [4.69, 9.17) is 4.74 Å². The smallest absolute Gasteiger partial charge is 0.315 e. The van der Waals surface area contributed by atoms with Crippen molar-refractivity contribution in [1.29, 1.82) is 0 Å². The third-order valence-electron chi connectivity index (χ3n) is 6.87. The van der Waals surface area contributed by atoms with Crippen molar-refractivity contribution in [3.8, 4) is 34.1 Å². The first-order chi connectivity index (χ1) is 19.0. The Kier molecular flexibility index (Phi) is 6.48. The van der Waals surface area contributed by atoms with Crippen molar-refractivity contribution < 1.29 is 22.7 Å². The lowest BCUT2D eigenvalue weighted by atomic mass is 10.0. The van der Waals surface area contributed by atoms with Crippen LogP contribution in [0.4, 0.5) is 13.2 Å². The first-order valence-corrected chi connectivity index (χ1v) is 12.5. The predicted molar refractivity (Wildman–Crippen MR) is 141 cm³/mol. The molecule has 1 aliphatic rings. The Morgan fingerprint density at radius 1 is 1.03 bits per heavy atom. The van der Waals surface area contributed by atoms with Gasteiger partial charge in [-0.1, -0.05) is 36.4 Å². The quantitative estimate of drug-likeness (QED) is 0.254. The number of amides is 1. The number of ether oxygens (including phenoxy) is 1. The van der Waals surface area contributed by atoms with Crippen LogP contribution < -0.4 is 4.74 Å². The molecule has 9 heteroatoms. The molecule has 3 heterocycles. The van der Waals surface area contributed by atoms with Crippen LogP contribution in [-0.4, -0.2) is 38.7 Å². The molecular formula is C30H23F3N4O2. The van der Waals surface area contributed by atoms with Crippen LogP contribution in [0, 0.1) is 5.82 Å². The van der Waals surface area contributed by atoms with E-state index in [1.54, 1.807) is 60.8 Å².